The van der Waals surface area contributed by atoms with Crippen LogP contribution in [0.4, 0.5) is 13.2 Å². The molecule has 0 aromatic heterocycles. The van der Waals surface area contributed by atoms with Crippen molar-refractivity contribution in [3.8, 4) is 22.6 Å². The molecule has 2 aromatic rings. The van der Waals surface area contributed by atoms with E-state index in [1.54, 1.807) is 0 Å². The summed E-state index contributed by atoms with van der Waals surface area (Å²) < 4.78 is 50.7. The zero-order valence-corrected chi connectivity index (χ0v) is 10.3. The van der Waals surface area contributed by atoms with Gasteiger partial charge in [0.15, 0.2) is 11.6 Å². The summed E-state index contributed by atoms with van der Waals surface area (Å²) >= 11 is 0. The van der Waals surface area contributed by atoms with Crippen LogP contribution in [0.5, 0.6) is 11.5 Å². The third-order valence-electron chi connectivity index (χ3n) is 2.73. The maximum Gasteiger partial charge on any atom is 0.201 e. The van der Waals surface area contributed by atoms with Crippen molar-refractivity contribution in [3.63, 3.8) is 0 Å². The molecule has 2 rings (SSSR count). The number of halogens is 3. The zero-order chi connectivity index (χ0) is 14.0. The van der Waals surface area contributed by atoms with Crippen molar-refractivity contribution >= 4 is 0 Å². The molecule has 0 N–H and O–H groups in total. The molecule has 0 amide bonds. The first-order chi connectivity index (χ1) is 9.08. The Morgan fingerprint density at radius 2 is 1.47 bits per heavy atom. The van der Waals surface area contributed by atoms with E-state index < -0.39 is 17.5 Å². The molecule has 0 fully saturated rings. The zero-order valence-electron chi connectivity index (χ0n) is 10.3. The van der Waals surface area contributed by atoms with Gasteiger partial charge >= 0.3 is 0 Å². The Labute approximate surface area is 108 Å². The summed E-state index contributed by atoms with van der Waals surface area (Å²) in [6, 6.07) is 6.43. The maximum absolute atomic E-state index is 13.8. The Kier molecular flexibility index (Phi) is 3.64. The molecule has 0 saturated carbocycles. The van der Waals surface area contributed by atoms with Crippen molar-refractivity contribution < 1.29 is 22.6 Å². The molecule has 0 saturated heterocycles. The summed E-state index contributed by atoms with van der Waals surface area (Å²) in [7, 11) is 2.62. The molecule has 0 radical (unpaired) electrons. The highest BCUT2D eigenvalue weighted by Gasteiger charge is 2.17. The molecule has 0 aliphatic rings. The van der Waals surface area contributed by atoms with E-state index in [2.05, 4.69) is 4.74 Å². The van der Waals surface area contributed by atoms with Crippen LogP contribution in [0, 0.1) is 17.5 Å². The summed E-state index contributed by atoms with van der Waals surface area (Å²) in [5, 5.41) is 0. The number of hydrogen-bond donors (Lipinski definition) is 0. The van der Waals surface area contributed by atoms with Gasteiger partial charge in [-0.1, -0.05) is 0 Å². The molecule has 0 bridgehead atoms. The van der Waals surface area contributed by atoms with Crippen molar-refractivity contribution in [1.29, 1.82) is 0 Å². The van der Waals surface area contributed by atoms with Gasteiger partial charge in [-0.25, -0.2) is 8.78 Å². The third kappa shape index (κ3) is 2.36. The van der Waals surface area contributed by atoms with E-state index in [4.69, 9.17) is 4.74 Å². The molecule has 0 atom stereocenters. The van der Waals surface area contributed by atoms with E-state index in [0.29, 0.717) is 5.75 Å². The minimum atomic E-state index is -1.15. The van der Waals surface area contributed by atoms with Crippen LogP contribution in [0.15, 0.2) is 30.3 Å². The first kappa shape index (κ1) is 13.3. The van der Waals surface area contributed by atoms with Crippen LogP contribution in [0.25, 0.3) is 11.1 Å². The van der Waals surface area contributed by atoms with E-state index in [1.165, 1.54) is 38.5 Å². The second-order valence-electron chi connectivity index (χ2n) is 3.79. The maximum atomic E-state index is 13.8. The number of rotatable bonds is 3. The Morgan fingerprint density at radius 3 is 2.05 bits per heavy atom. The van der Waals surface area contributed by atoms with Gasteiger partial charge in [0.2, 0.25) is 5.82 Å². The SMILES string of the molecule is COc1ccc(-c2ccc(OC)c(F)c2F)c(F)c1. The summed E-state index contributed by atoms with van der Waals surface area (Å²) in [6.45, 7) is 0. The van der Waals surface area contributed by atoms with Crippen molar-refractivity contribution in [2.24, 2.45) is 0 Å². The van der Waals surface area contributed by atoms with Crippen LogP contribution >= 0.6 is 0 Å². The predicted octanol–water partition coefficient (Wildman–Crippen LogP) is 3.79. The van der Waals surface area contributed by atoms with Gasteiger partial charge in [-0.15, -0.1) is 0 Å². The van der Waals surface area contributed by atoms with E-state index in [-0.39, 0.29) is 16.9 Å². The average Bonchev–Trinajstić information content (AvgIpc) is 2.42. The van der Waals surface area contributed by atoms with Crippen molar-refractivity contribution in [2.75, 3.05) is 14.2 Å². The smallest absolute Gasteiger partial charge is 0.201 e. The van der Waals surface area contributed by atoms with E-state index in [0.717, 1.165) is 6.07 Å². The minimum absolute atomic E-state index is 0.0418. The number of benzene rings is 2. The third-order valence-corrected chi connectivity index (χ3v) is 2.73. The molecule has 0 heterocycles. The fourth-order valence-electron chi connectivity index (χ4n) is 1.74. The van der Waals surface area contributed by atoms with Crippen molar-refractivity contribution in [3.05, 3.63) is 47.8 Å². The highest BCUT2D eigenvalue weighted by Crippen LogP contribution is 2.32. The van der Waals surface area contributed by atoms with Crippen LogP contribution in [0.2, 0.25) is 0 Å². The fourth-order valence-corrected chi connectivity index (χ4v) is 1.74. The molecule has 0 aliphatic heterocycles. The monoisotopic (exact) mass is 268 g/mol. The Balaban J connectivity index is 2.56. The first-order valence-corrected chi connectivity index (χ1v) is 5.44. The van der Waals surface area contributed by atoms with Gasteiger partial charge in [-0.3, -0.25) is 0 Å². The Hall–Kier alpha value is -2.17. The number of ether oxygens (including phenoxy) is 2. The van der Waals surface area contributed by atoms with Gasteiger partial charge in [-0.05, 0) is 24.3 Å². The quantitative estimate of drug-likeness (QED) is 0.843. The number of methoxy groups -OCH3 is 2. The van der Waals surface area contributed by atoms with Gasteiger partial charge in [0.1, 0.15) is 11.6 Å². The molecule has 19 heavy (non-hydrogen) atoms. The number of hydrogen-bond acceptors (Lipinski definition) is 2. The fraction of sp³-hybridized carbons (Fsp3) is 0.143. The largest absolute Gasteiger partial charge is 0.497 e. The van der Waals surface area contributed by atoms with Crippen LogP contribution in [-0.2, 0) is 0 Å². The summed E-state index contributed by atoms with van der Waals surface area (Å²) in [6.07, 6.45) is 0. The predicted molar refractivity (Wildman–Crippen MR) is 64.9 cm³/mol. The summed E-state index contributed by atoms with van der Waals surface area (Å²) in [5.74, 6) is -2.91. The van der Waals surface area contributed by atoms with Crippen molar-refractivity contribution in [1.82, 2.24) is 0 Å². The highest BCUT2D eigenvalue weighted by atomic mass is 19.2. The standard InChI is InChI=1S/C14H11F3O2/c1-18-8-3-4-9(11(15)7-8)10-5-6-12(19-2)14(17)13(10)16/h3-7H,1-2H3. The molecule has 5 heteroatoms. The van der Waals surface area contributed by atoms with Crippen LogP contribution in [0.1, 0.15) is 0 Å². The molecule has 0 spiro atoms. The Morgan fingerprint density at radius 1 is 0.789 bits per heavy atom. The minimum Gasteiger partial charge on any atom is -0.497 e. The molecular weight excluding hydrogens is 257 g/mol. The molecule has 2 aromatic carbocycles. The van der Waals surface area contributed by atoms with Gasteiger partial charge in [0.05, 0.1) is 14.2 Å². The normalized spacial score (nSPS) is 10.4. The summed E-state index contributed by atoms with van der Waals surface area (Å²) in [5.41, 5.74) is -0.210. The molecular formula is C14H11F3O2. The topological polar surface area (TPSA) is 18.5 Å². The molecule has 0 unspecified atom stereocenters. The van der Waals surface area contributed by atoms with Crippen LogP contribution in [0.3, 0.4) is 0 Å². The van der Waals surface area contributed by atoms with Crippen LogP contribution < -0.4 is 9.47 Å². The molecule has 100 valence electrons. The molecule has 0 aliphatic carbocycles. The van der Waals surface area contributed by atoms with Crippen molar-refractivity contribution in [2.45, 2.75) is 0 Å². The summed E-state index contributed by atoms with van der Waals surface area (Å²) in [4.78, 5) is 0. The average molecular weight is 268 g/mol. The van der Waals surface area contributed by atoms with Gasteiger partial charge in [-0.2, -0.15) is 4.39 Å². The Bertz CT molecular complexity index is 612. The van der Waals surface area contributed by atoms with E-state index in [1.807, 2.05) is 0 Å². The molecule has 2 nitrogen and oxygen atoms in total. The van der Waals surface area contributed by atoms with Gasteiger partial charge in [0.25, 0.3) is 0 Å². The lowest BCUT2D eigenvalue weighted by molar-refractivity contribution is 0.372. The highest BCUT2D eigenvalue weighted by molar-refractivity contribution is 5.66. The van der Waals surface area contributed by atoms with Crippen LogP contribution in [-0.4, -0.2) is 14.2 Å². The van der Waals surface area contributed by atoms with E-state index in [9.17, 15) is 13.2 Å². The lowest BCUT2D eigenvalue weighted by Gasteiger charge is -2.09. The first-order valence-electron chi connectivity index (χ1n) is 5.44. The lowest BCUT2D eigenvalue weighted by Crippen LogP contribution is -1.96. The lowest BCUT2D eigenvalue weighted by atomic mass is 10.0. The second kappa shape index (κ2) is 5.22. The van der Waals surface area contributed by atoms with Gasteiger partial charge < -0.3 is 9.47 Å². The second-order valence-corrected chi connectivity index (χ2v) is 3.79. The van der Waals surface area contributed by atoms with E-state index >= 15 is 0 Å². The van der Waals surface area contributed by atoms with Gasteiger partial charge in [0, 0.05) is 17.2 Å².